The Bertz CT molecular complexity index is 1400. The van der Waals surface area contributed by atoms with Gasteiger partial charge in [-0.1, -0.05) is 97.1 Å². The zero-order chi connectivity index (χ0) is 25.8. The molecule has 0 heterocycles. The fourth-order valence-electron chi connectivity index (χ4n) is 5.26. The van der Waals surface area contributed by atoms with Gasteiger partial charge in [0.1, 0.15) is 10.8 Å². The van der Waals surface area contributed by atoms with E-state index >= 15 is 0 Å². The van der Waals surface area contributed by atoms with Crippen molar-refractivity contribution in [2.24, 2.45) is 11.5 Å². The predicted molar refractivity (Wildman–Crippen MR) is 135 cm³/mol. The summed E-state index contributed by atoms with van der Waals surface area (Å²) in [6.07, 6.45) is 0. The Balaban J connectivity index is 2.40. The number of nitrogens with zero attached hydrogens (tertiary/aromatic N) is 2. The number of carbonyl (C=O) groups excluding carboxylic acids is 2. The number of rotatable bonds is 7. The lowest BCUT2D eigenvalue weighted by molar-refractivity contribution is -0.132. The van der Waals surface area contributed by atoms with Crippen molar-refractivity contribution in [3.63, 3.8) is 0 Å². The number of primary amides is 2. The maximum atomic E-state index is 14.0. The highest BCUT2D eigenvalue weighted by Crippen LogP contribution is 2.54. The number of nitrogens with two attached hydrogens (primary N) is 2. The van der Waals surface area contributed by atoms with Crippen LogP contribution in [0.25, 0.3) is 0 Å². The van der Waals surface area contributed by atoms with Crippen LogP contribution in [0.4, 0.5) is 0 Å². The zero-order valence-electron chi connectivity index (χ0n) is 19.3. The summed E-state index contributed by atoms with van der Waals surface area (Å²) in [5, 5.41) is 20.2. The molecule has 0 aromatic heterocycles. The Morgan fingerprint density at radius 2 is 0.833 bits per heavy atom. The van der Waals surface area contributed by atoms with Gasteiger partial charge in [0.2, 0.25) is 11.8 Å². The van der Waals surface area contributed by atoms with E-state index in [9.17, 15) is 20.1 Å². The van der Waals surface area contributed by atoms with Crippen LogP contribution < -0.4 is 11.5 Å². The van der Waals surface area contributed by atoms with Crippen LogP contribution in [0.5, 0.6) is 0 Å². The molecule has 0 aliphatic rings. The van der Waals surface area contributed by atoms with E-state index in [1.54, 1.807) is 109 Å². The van der Waals surface area contributed by atoms with E-state index in [2.05, 4.69) is 12.1 Å². The van der Waals surface area contributed by atoms with E-state index in [1.807, 2.05) is 0 Å². The van der Waals surface area contributed by atoms with E-state index < -0.39 is 22.6 Å². The van der Waals surface area contributed by atoms with Gasteiger partial charge in [-0.15, -0.1) is 0 Å². The van der Waals surface area contributed by atoms with Crippen molar-refractivity contribution in [1.29, 1.82) is 10.5 Å². The molecular formula is C30H22N4O2. The molecule has 36 heavy (non-hydrogen) atoms. The Morgan fingerprint density at radius 1 is 0.528 bits per heavy atom. The molecule has 6 nitrogen and oxygen atoms in total. The first kappa shape index (κ1) is 23.9. The van der Waals surface area contributed by atoms with Crippen molar-refractivity contribution in [3.8, 4) is 12.1 Å². The SMILES string of the molecule is N#Cc1ccccc1[C@@](C(N)=O)(c1ccccc1)[C@](C(N)=O)(c1ccccc1)c1ccccc1C#N. The number of hydrogen-bond donors (Lipinski definition) is 2. The van der Waals surface area contributed by atoms with Gasteiger partial charge in [-0.05, 0) is 34.4 Å². The smallest absolute Gasteiger partial charge is 0.234 e. The second-order valence-electron chi connectivity index (χ2n) is 8.28. The van der Waals surface area contributed by atoms with Crippen LogP contribution in [0.3, 0.4) is 0 Å². The molecule has 4 N–H and O–H groups in total. The maximum absolute atomic E-state index is 14.0. The number of hydrogen-bond acceptors (Lipinski definition) is 4. The summed E-state index contributed by atoms with van der Waals surface area (Å²) in [7, 11) is 0. The molecule has 0 saturated carbocycles. The lowest BCUT2D eigenvalue weighted by Gasteiger charge is -2.48. The first-order chi connectivity index (χ1) is 17.5. The third-order valence-electron chi connectivity index (χ3n) is 6.62. The lowest BCUT2D eigenvalue weighted by atomic mass is 9.49. The molecule has 6 heteroatoms. The summed E-state index contributed by atoms with van der Waals surface area (Å²) in [5.41, 5.74) is 10.1. The predicted octanol–water partition coefficient (Wildman–Crippen LogP) is 3.67. The first-order valence-electron chi connectivity index (χ1n) is 11.2. The van der Waals surface area contributed by atoms with Crippen molar-refractivity contribution >= 4 is 11.8 Å². The molecule has 0 unspecified atom stereocenters. The summed E-state index contributed by atoms with van der Waals surface area (Å²) in [6, 6.07) is 34.4. The average molecular weight is 471 g/mol. The Kier molecular flexibility index (Phi) is 6.37. The monoisotopic (exact) mass is 470 g/mol. The van der Waals surface area contributed by atoms with Gasteiger partial charge in [0, 0.05) is 0 Å². The molecule has 0 bridgehead atoms. The third kappa shape index (κ3) is 3.33. The van der Waals surface area contributed by atoms with Crippen LogP contribution in [-0.2, 0) is 20.4 Å². The van der Waals surface area contributed by atoms with E-state index in [0.717, 1.165) is 0 Å². The largest absolute Gasteiger partial charge is 0.369 e. The highest BCUT2D eigenvalue weighted by Gasteiger charge is 2.64. The number of carbonyl (C=O) groups is 2. The molecule has 0 radical (unpaired) electrons. The van der Waals surface area contributed by atoms with Crippen LogP contribution in [0.2, 0.25) is 0 Å². The molecule has 0 spiro atoms. The van der Waals surface area contributed by atoms with Gasteiger partial charge in [0.05, 0.1) is 23.3 Å². The summed E-state index contributed by atoms with van der Waals surface area (Å²) in [6.45, 7) is 0. The van der Waals surface area contributed by atoms with Gasteiger partial charge in [-0.3, -0.25) is 9.59 Å². The molecule has 0 fully saturated rings. The van der Waals surface area contributed by atoms with Crippen molar-refractivity contribution in [1.82, 2.24) is 0 Å². The van der Waals surface area contributed by atoms with E-state index in [1.165, 1.54) is 0 Å². The molecule has 2 amide bonds. The Morgan fingerprint density at radius 3 is 1.14 bits per heavy atom. The minimum Gasteiger partial charge on any atom is -0.369 e. The summed E-state index contributed by atoms with van der Waals surface area (Å²) in [5.74, 6) is -1.79. The van der Waals surface area contributed by atoms with E-state index in [0.29, 0.717) is 11.1 Å². The molecule has 2 atom stereocenters. The Labute approximate surface area is 209 Å². The molecule has 0 saturated heterocycles. The highest BCUT2D eigenvalue weighted by molar-refractivity contribution is 6.06. The van der Waals surface area contributed by atoms with Gasteiger partial charge in [0.15, 0.2) is 0 Å². The first-order valence-corrected chi connectivity index (χ1v) is 11.2. The van der Waals surface area contributed by atoms with Crippen LogP contribution in [0, 0.1) is 22.7 Å². The van der Waals surface area contributed by atoms with Crippen LogP contribution in [0.1, 0.15) is 33.4 Å². The standard InChI is InChI=1S/C30H22N4O2/c31-19-21-11-7-9-17-25(21)29(27(33)35,23-13-3-1-4-14-23)30(28(34)36,24-15-5-2-6-16-24)26-18-10-8-12-22(26)20-32/h1-18H,(H2,33,35)(H2,34,36)/t29-,30-/m1/s1. The molecule has 4 aromatic rings. The van der Waals surface area contributed by atoms with Crippen molar-refractivity contribution in [2.75, 3.05) is 0 Å². The second kappa shape index (κ2) is 9.58. The topological polar surface area (TPSA) is 134 Å². The van der Waals surface area contributed by atoms with Crippen molar-refractivity contribution in [3.05, 3.63) is 143 Å². The molecule has 174 valence electrons. The lowest BCUT2D eigenvalue weighted by Crippen LogP contribution is -2.64. The fraction of sp³-hybridized carbons (Fsp3) is 0.0667. The van der Waals surface area contributed by atoms with Crippen molar-refractivity contribution < 1.29 is 9.59 Å². The highest BCUT2D eigenvalue weighted by atomic mass is 16.2. The van der Waals surface area contributed by atoms with E-state index in [-0.39, 0.29) is 22.3 Å². The minimum absolute atomic E-state index is 0.149. The van der Waals surface area contributed by atoms with Crippen LogP contribution in [0.15, 0.2) is 109 Å². The normalized spacial score (nSPS) is 13.8. The van der Waals surface area contributed by atoms with Crippen LogP contribution >= 0.6 is 0 Å². The number of amides is 2. The van der Waals surface area contributed by atoms with Gasteiger partial charge < -0.3 is 11.5 Å². The molecule has 4 rings (SSSR count). The van der Waals surface area contributed by atoms with Gasteiger partial charge in [0.25, 0.3) is 0 Å². The molecule has 4 aromatic carbocycles. The van der Waals surface area contributed by atoms with E-state index in [4.69, 9.17) is 11.5 Å². The summed E-state index contributed by atoms with van der Waals surface area (Å²) >= 11 is 0. The van der Waals surface area contributed by atoms with Gasteiger partial charge in [-0.25, -0.2) is 0 Å². The fourth-order valence-corrected chi connectivity index (χ4v) is 5.26. The maximum Gasteiger partial charge on any atom is 0.234 e. The van der Waals surface area contributed by atoms with Gasteiger partial charge in [-0.2, -0.15) is 10.5 Å². The molecule has 0 aliphatic heterocycles. The van der Waals surface area contributed by atoms with Crippen LogP contribution in [-0.4, -0.2) is 11.8 Å². The van der Waals surface area contributed by atoms with Gasteiger partial charge >= 0.3 is 0 Å². The quantitative estimate of drug-likeness (QED) is 0.426. The number of benzene rings is 4. The second-order valence-corrected chi connectivity index (χ2v) is 8.28. The number of nitriles is 2. The molecule has 0 aliphatic carbocycles. The van der Waals surface area contributed by atoms with Crippen molar-refractivity contribution in [2.45, 2.75) is 10.8 Å². The molecular weight excluding hydrogens is 448 g/mol. The summed E-state index contributed by atoms with van der Waals surface area (Å²) in [4.78, 5) is 28.0. The summed E-state index contributed by atoms with van der Waals surface area (Å²) < 4.78 is 0. The third-order valence-corrected chi connectivity index (χ3v) is 6.62. The Hall–Kier alpha value is -5.20. The minimum atomic E-state index is -2.00. The zero-order valence-corrected chi connectivity index (χ0v) is 19.3. The average Bonchev–Trinajstić information content (AvgIpc) is 2.92.